The summed E-state index contributed by atoms with van der Waals surface area (Å²) in [5.74, 6) is 0.911. The summed E-state index contributed by atoms with van der Waals surface area (Å²) < 4.78 is 0.415. The maximum absolute atomic E-state index is 4.23. The van der Waals surface area contributed by atoms with Crippen LogP contribution in [-0.4, -0.2) is 27.7 Å². The summed E-state index contributed by atoms with van der Waals surface area (Å²) in [7, 11) is 0. The van der Waals surface area contributed by atoms with E-state index in [1.54, 1.807) is 0 Å². The number of hydrogen-bond donors (Lipinski definition) is 1. The molecule has 1 aromatic carbocycles. The Labute approximate surface area is 111 Å². The van der Waals surface area contributed by atoms with Crippen molar-refractivity contribution in [3.63, 3.8) is 0 Å². The van der Waals surface area contributed by atoms with Gasteiger partial charge in [0.05, 0.1) is 6.20 Å². The maximum Gasteiger partial charge on any atom is 0.156 e. The van der Waals surface area contributed by atoms with Crippen molar-refractivity contribution in [2.24, 2.45) is 0 Å². The fourth-order valence-corrected chi connectivity index (χ4v) is 3.34. The molecule has 2 aromatic rings. The van der Waals surface area contributed by atoms with Crippen LogP contribution < -0.4 is 5.32 Å². The summed E-state index contributed by atoms with van der Waals surface area (Å²) in [6.45, 7) is 0.983. The van der Waals surface area contributed by atoms with E-state index in [4.69, 9.17) is 0 Å². The maximum atomic E-state index is 4.23. The largest absolute Gasteiger partial charge is 0.367 e. The molecule has 0 bridgehead atoms. The summed E-state index contributed by atoms with van der Waals surface area (Å²) in [4.78, 5) is 0. The van der Waals surface area contributed by atoms with Gasteiger partial charge >= 0.3 is 0 Å². The minimum absolute atomic E-state index is 0.415. The lowest BCUT2D eigenvalue weighted by atomic mass is 9.84. The highest BCUT2D eigenvalue weighted by Crippen LogP contribution is 2.42. The zero-order valence-corrected chi connectivity index (χ0v) is 11.3. The molecule has 1 heterocycles. The first-order valence-corrected chi connectivity index (χ1v) is 7.55. The lowest BCUT2D eigenvalue weighted by Gasteiger charge is -2.40. The molecule has 94 valence electrons. The van der Waals surface area contributed by atoms with E-state index in [0.29, 0.717) is 4.75 Å². The Morgan fingerprint density at radius 3 is 2.89 bits per heavy atom. The Bertz CT molecular complexity index is 541. The Morgan fingerprint density at radius 1 is 1.33 bits per heavy atom. The van der Waals surface area contributed by atoms with Gasteiger partial charge in [0.15, 0.2) is 5.82 Å². The Balaban J connectivity index is 1.82. The highest BCUT2D eigenvalue weighted by Gasteiger charge is 2.35. The monoisotopic (exact) mass is 259 g/mol. The third-order valence-electron chi connectivity index (χ3n) is 3.85. The molecule has 1 aliphatic rings. The predicted octanol–water partition coefficient (Wildman–Crippen LogP) is 3.33. The van der Waals surface area contributed by atoms with Crippen LogP contribution in [0.25, 0.3) is 10.8 Å². The molecule has 3 nitrogen and oxygen atoms in total. The fourth-order valence-electron chi connectivity index (χ4n) is 2.43. The van der Waals surface area contributed by atoms with Crippen molar-refractivity contribution in [3.8, 4) is 0 Å². The number of aromatic nitrogens is 2. The van der Waals surface area contributed by atoms with Gasteiger partial charge in [-0.05, 0) is 19.1 Å². The highest BCUT2D eigenvalue weighted by atomic mass is 32.2. The van der Waals surface area contributed by atoms with Gasteiger partial charge in [-0.1, -0.05) is 30.7 Å². The standard InChI is InChI=1S/C14H17N3S/c1-18-14(7-4-8-14)10-15-13-12-6-3-2-5-11(12)9-16-17-13/h2-3,5-6,9H,4,7-8,10H2,1H3,(H,15,17). The van der Waals surface area contributed by atoms with Crippen molar-refractivity contribution in [1.82, 2.24) is 10.2 Å². The fraction of sp³-hybridized carbons (Fsp3) is 0.429. The summed E-state index contributed by atoms with van der Waals surface area (Å²) in [5.41, 5.74) is 0. The normalized spacial score (nSPS) is 17.4. The van der Waals surface area contributed by atoms with Crippen LogP contribution in [0, 0.1) is 0 Å². The van der Waals surface area contributed by atoms with Crippen LogP contribution in [0.4, 0.5) is 5.82 Å². The average Bonchev–Trinajstić information content (AvgIpc) is 2.38. The molecule has 0 unspecified atom stereocenters. The van der Waals surface area contributed by atoms with Gasteiger partial charge in [0, 0.05) is 22.1 Å². The quantitative estimate of drug-likeness (QED) is 0.914. The molecule has 1 N–H and O–H groups in total. The van der Waals surface area contributed by atoms with Crippen LogP contribution in [0.2, 0.25) is 0 Å². The lowest BCUT2D eigenvalue weighted by molar-refractivity contribution is 0.379. The van der Waals surface area contributed by atoms with Crippen molar-refractivity contribution in [2.45, 2.75) is 24.0 Å². The van der Waals surface area contributed by atoms with Gasteiger partial charge < -0.3 is 5.32 Å². The van der Waals surface area contributed by atoms with Gasteiger partial charge in [-0.25, -0.2) is 0 Å². The minimum atomic E-state index is 0.415. The molecule has 0 saturated heterocycles. The van der Waals surface area contributed by atoms with Gasteiger partial charge in [0.25, 0.3) is 0 Å². The first kappa shape index (κ1) is 11.8. The molecule has 3 rings (SSSR count). The molecule has 0 aliphatic heterocycles. The zero-order valence-electron chi connectivity index (χ0n) is 10.5. The van der Waals surface area contributed by atoms with Gasteiger partial charge in [-0.2, -0.15) is 16.9 Å². The van der Waals surface area contributed by atoms with Gasteiger partial charge in [-0.15, -0.1) is 5.10 Å². The molecule has 0 amide bonds. The number of rotatable bonds is 4. The summed E-state index contributed by atoms with van der Waals surface area (Å²) >= 11 is 1.97. The Morgan fingerprint density at radius 2 is 2.17 bits per heavy atom. The van der Waals surface area contributed by atoms with Crippen molar-refractivity contribution >= 4 is 28.4 Å². The molecule has 1 aromatic heterocycles. The van der Waals surface area contributed by atoms with E-state index in [9.17, 15) is 0 Å². The molecular weight excluding hydrogens is 242 g/mol. The molecule has 18 heavy (non-hydrogen) atoms. The van der Waals surface area contributed by atoms with E-state index in [1.807, 2.05) is 30.1 Å². The van der Waals surface area contributed by atoms with Crippen LogP contribution in [-0.2, 0) is 0 Å². The molecule has 1 aliphatic carbocycles. The predicted molar refractivity (Wildman–Crippen MR) is 78.1 cm³/mol. The first-order valence-electron chi connectivity index (χ1n) is 6.32. The highest BCUT2D eigenvalue weighted by molar-refractivity contribution is 8.00. The SMILES string of the molecule is CSC1(CNc2nncc3ccccc23)CCC1. The van der Waals surface area contributed by atoms with Crippen molar-refractivity contribution in [3.05, 3.63) is 30.5 Å². The topological polar surface area (TPSA) is 37.8 Å². The van der Waals surface area contributed by atoms with Gasteiger partial charge in [0.2, 0.25) is 0 Å². The second-order valence-electron chi connectivity index (χ2n) is 4.87. The third-order valence-corrected chi connectivity index (χ3v) is 5.26. The molecule has 0 spiro atoms. The van der Waals surface area contributed by atoms with E-state index in [2.05, 4.69) is 33.9 Å². The number of nitrogens with zero attached hydrogens (tertiary/aromatic N) is 2. The number of benzene rings is 1. The van der Waals surface area contributed by atoms with Crippen LogP contribution in [0.1, 0.15) is 19.3 Å². The molecule has 0 atom stereocenters. The lowest BCUT2D eigenvalue weighted by Crippen LogP contribution is -2.40. The van der Waals surface area contributed by atoms with Crippen molar-refractivity contribution < 1.29 is 0 Å². The van der Waals surface area contributed by atoms with Crippen LogP contribution in [0.5, 0.6) is 0 Å². The first-order chi connectivity index (χ1) is 8.83. The van der Waals surface area contributed by atoms with E-state index in [0.717, 1.165) is 23.1 Å². The van der Waals surface area contributed by atoms with E-state index in [1.165, 1.54) is 19.3 Å². The Hall–Kier alpha value is -1.29. The minimum Gasteiger partial charge on any atom is -0.367 e. The third kappa shape index (κ3) is 2.05. The average molecular weight is 259 g/mol. The Kier molecular flexibility index (Phi) is 3.12. The van der Waals surface area contributed by atoms with Gasteiger partial charge in [0.1, 0.15) is 0 Å². The number of anilines is 1. The van der Waals surface area contributed by atoms with Crippen molar-refractivity contribution in [1.29, 1.82) is 0 Å². The van der Waals surface area contributed by atoms with Crippen LogP contribution in [0.15, 0.2) is 30.5 Å². The molecule has 1 saturated carbocycles. The summed E-state index contributed by atoms with van der Waals surface area (Å²) in [5, 5.41) is 14.1. The number of thioether (sulfide) groups is 1. The van der Waals surface area contributed by atoms with Gasteiger partial charge in [-0.3, -0.25) is 0 Å². The van der Waals surface area contributed by atoms with E-state index in [-0.39, 0.29) is 0 Å². The van der Waals surface area contributed by atoms with Crippen LogP contribution in [0.3, 0.4) is 0 Å². The smallest absolute Gasteiger partial charge is 0.156 e. The van der Waals surface area contributed by atoms with E-state index >= 15 is 0 Å². The molecule has 4 heteroatoms. The van der Waals surface area contributed by atoms with Crippen LogP contribution >= 0.6 is 11.8 Å². The number of hydrogen-bond acceptors (Lipinski definition) is 4. The second-order valence-corrected chi connectivity index (χ2v) is 6.15. The molecule has 1 fully saturated rings. The summed E-state index contributed by atoms with van der Waals surface area (Å²) in [6, 6.07) is 8.24. The zero-order chi connectivity index (χ0) is 12.4. The molecular formula is C14H17N3S. The van der Waals surface area contributed by atoms with Crippen molar-refractivity contribution in [2.75, 3.05) is 18.1 Å². The number of nitrogens with one attached hydrogen (secondary N) is 1. The van der Waals surface area contributed by atoms with E-state index < -0.39 is 0 Å². The summed E-state index contributed by atoms with van der Waals surface area (Å²) in [6.07, 6.45) is 7.98. The molecule has 0 radical (unpaired) electrons. The number of fused-ring (bicyclic) bond motifs is 1. The second kappa shape index (κ2) is 4.76.